The van der Waals surface area contributed by atoms with Gasteiger partial charge in [-0.15, -0.1) is 11.8 Å². The highest BCUT2D eigenvalue weighted by Gasteiger charge is 2.19. The third-order valence-electron chi connectivity index (χ3n) is 3.50. The van der Waals surface area contributed by atoms with Crippen LogP contribution in [-0.2, 0) is 9.63 Å². The zero-order chi connectivity index (χ0) is 13.9. The van der Waals surface area contributed by atoms with Gasteiger partial charge in [0.05, 0.1) is 17.5 Å². The standard InChI is InChI=1S/C14H16N2O3S/c17-13-8-20-12-6-5-9(7-11(12)15-13)14(18)16-19-10-3-1-2-4-10/h5-7,10H,1-4,8H2,(H,15,17)(H,16,18). The Morgan fingerprint density at radius 1 is 1.35 bits per heavy atom. The largest absolute Gasteiger partial charge is 0.324 e. The van der Waals surface area contributed by atoms with Crippen molar-refractivity contribution >= 4 is 29.3 Å². The quantitative estimate of drug-likeness (QED) is 0.839. The van der Waals surface area contributed by atoms with Crippen LogP contribution < -0.4 is 10.8 Å². The van der Waals surface area contributed by atoms with E-state index >= 15 is 0 Å². The molecule has 1 aliphatic carbocycles. The van der Waals surface area contributed by atoms with Crippen molar-refractivity contribution in [1.82, 2.24) is 5.48 Å². The maximum Gasteiger partial charge on any atom is 0.274 e. The number of thioether (sulfide) groups is 1. The van der Waals surface area contributed by atoms with E-state index < -0.39 is 0 Å². The van der Waals surface area contributed by atoms with E-state index in [0.717, 1.165) is 30.6 Å². The Bertz CT molecular complexity index is 541. The fourth-order valence-electron chi connectivity index (χ4n) is 2.43. The van der Waals surface area contributed by atoms with Gasteiger partial charge in [-0.2, -0.15) is 0 Å². The van der Waals surface area contributed by atoms with Crippen LogP contribution in [0.5, 0.6) is 0 Å². The van der Waals surface area contributed by atoms with Crippen molar-refractivity contribution in [3.63, 3.8) is 0 Å². The fourth-order valence-corrected chi connectivity index (χ4v) is 3.21. The topological polar surface area (TPSA) is 67.4 Å². The molecule has 3 rings (SSSR count). The Kier molecular flexibility index (Phi) is 3.93. The van der Waals surface area contributed by atoms with Crippen LogP contribution in [0.25, 0.3) is 0 Å². The molecule has 0 atom stereocenters. The Balaban J connectivity index is 1.65. The maximum atomic E-state index is 12.0. The molecule has 20 heavy (non-hydrogen) atoms. The number of nitrogens with one attached hydrogen (secondary N) is 2. The predicted octanol–water partition coefficient (Wildman–Crippen LogP) is 2.33. The van der Waals surface area contributed by atoms with Crippen molar-refractivity contribution in [1.29, 1.82) is 0 Å². The lowest BCUT2D eigenvalue weighted by Crippen LogP contribution is -2.28. The highest BCUT2D eigenvalue weighted by atomic mass is 32.2. The molecule has 2 aliphatic rings. The number of hydrogen-bond acceptors (Lipinski definition) is 4. The molecule has 1 saturated carbocycles. The van der Waals surface area contributed by atoms with Crippen LogP contribution in [0.4, 0.5) is 5.69 Å². The fraction of sp³-hybridized carbons (Fsp3) is 0.429. The van der Waals surface area contributed by atoms with Crippen LogP contribution in [0, 0.1) is 0 Å². The van der Waals surface area contributed by atoms with E-state index in [1.807, 2.05) is 6.07 Å². The van der Waals surface area contributed by atoms with Gasteiger partial charge in [-0.1, -0.05) is 12.8 Å². The maximum absolute atomic E-state index is 12.0. The summed E-state index contributed by atoms with van der Waals surface area (Å²) in [7, 11) is 0. The average Bonchev–Trinajstić information content (AvgIpc) is 2.97. The number of carbonyl (C=O) groups is 2. The van der Waals surface area contributed by atoms with E-state index in [2.05, 4.69) is 10.8 Å². The molecule has 2 amide bonds. The SMILES string of the molecule is O=C1CSc2ccc(C(=O)NOC3CCCC3)cc2N1. The van der Waals surface area contributed by atoms with E-state index in [9.17, 15) is 9.59 Å². The lowest BCUT2D eigenvalue weighted by molar-refractivity contribution is -0.113. The number of benzene rings is 1. The predicted molar refractivity (Wildman–Crippen MR) is 76.6 cm³/mol. The second-order valence-corrected chi connectivity index (χ2v) is 6.02. The molecule has 0 unspecified atom stereocenters. The van der Waals surface area contributed by atoms with E-state index in [1.165, 1.54) is 11.8 Å². The van der Waals surface area contributed by atoms with Gasteiger partial charge >= 0.3 is 0 Å². The summed E-state index contributed by atoms with van der Waals surface area (Å²) in [6, 6.07) is 5.29. The van der Waals surface area contributed by atoms with E-state index in [0.29, 0.717) is 17.0 Å². The number of rotatable bonds is 3. The number of anilines is 1. The summed E-state index contributed by atoms with van der Waals surface area (Å²) < 4.78 is 0. The minimum Gasteiger partial charge on any atom is -0.324 e. The van der Waals surface area contributed by atoms with Gasteiger partial charge in [-0.25, -0.2) is 5.48 Å². The minimum atomic E-state index is -0.274. The molecule has 6 heteroatoms. The molecule has 2 N–H and O–H groups in total. The molecule has 1 heterocycles. The number of amides is 2. The molecule has 5 nitrogen and oxygen atoms in total. The Hall–Kier alpha value is -1.53. The second-order valence-electron chi connectivity index (χ2n) is 5.00. The minimum absolute atomic E-state index is 0.0396. The third kappa shape index (κ3) is 2.96. The van der Waals surface area contributed by atoms with Crippen LogP contribution >= 0.6 is 11.8 Å². The van der Waals surface area contributed by atoms with Gasteiger partial charge in [0.1, 0.15) is 0 Å². The molecule has 0 aromatic heterocycles. The van der Waals surface area contributed by atoms with Crippen molar-refractivity contribution in [3.8, 4) is 0 Å². The number of carbonyl (C=O) groups excluding carboxylic acids is 2. The number of hydroxylamine groups is 1. The number of hydrogen-bond donors (Lipinski definition) is 2. The van der Waals surface area contributed by atoms with E-state index in [1.54, 1.807) is 12.1 Å². The molecule has 1 aromatic carbocycles. The molecular weight excluding hydrogens is 276 g/mol. The molecule has 1 fully saturated rings. The number of fused-ring (bicyclic) bond motifs is 1. The van der Waals surface area contributed by atoms with Crippen molar-refractivity contribution < 1.29 is 14.4 Å². The van der Waals surface area contributed by atoms with Gasteiger partial charge < -0.3 is 5.32 Å². The summed E-state index contributed by atoms with van der Waals surface area (Å²) >= 11 is 1.48. The molecule has 0 spiro atoms. The first-order valence-corrected chi connectivity index (χ1v) is 7.73. The van der Waals surface area contributed by atoms with Gasteiger partial charge in [0, 0.05) is 10.5 Å². The summed E-state index contributed by atoms with van der Waals surface area (Å²) in [5.74, 6) is 0.107. The summed E-state index contributed by atoms with van der Waals surface area (Å²) in [6.45, 7) is 0. The summed E-state index contributed by atoms with van der Waals surface area (Å²) in [5.41, 5.74) is 3.69. The molecule has 1 aromatic rings. The van der Waals surface area contributed by atoms with E-state index in [4.69, 9.17) is 4.84 Å². The molecule has 0 saturated heterocycles. The first-order chi connectivity index (χ1) is 9.72. The third-order valence-corrected chi connectivity index (χ3v) is 4.57. The van der Waals surface area contributed by atoms with Gasteiger partial charge in [0.2, 0.25) is 5.91 Å². The average molecular weight is 292 g/mol. The first-order valence-electron chi connectivity index (χ1n) is 6.75. The first kappa shape index (κ1) is 13.5. The Morgan fingerprint density at radius 2 is 2.15 bits per heavy atom. The molecular formula is C14H16N2O3S. The normalized spacial score (nSPS) is 18.5. The highest BCUT2D eigenvalue weighted by molar-refractivity contribution is 8.00. The van der Waals surface area contributed by atoms with Crippen LogP contribution in [-0.4, -0.2) is 23.7 Å². The van der Waals surface area contributed by atoms with Crippen molar-refractivity contribution in [2.75, 3.05) is 11.1 Å². The smallest absolute Gasteiger partial charge is 0.274 e. The Morgan fingerprint density at radius 3 is 2.95 bits per heavy atom. The van der Waals surface area contributed by atoms with Crippen molar-refractivity contribution in [2.24, 2.45) is 0 Å². The van der Waals surface area contributed by atoms with Gasteiger partial charge in [0.15, 0.2) is 0 Å². The lowest BCUT2D eigenvalue weighted by Gasteiger charge is -2.17. The van der Waals surface area contributed by atoms with Crippen molar-refractivity contribution in [3.05, 3.63) is 23.8 Å². The second kappa shape index (κ2) is 5.85. The van der Waals surface area contributed by atoms with Crippen LogP contribution in [0.1, 0.15) is 36.0 Å². The van der Waals surface area contributed by atoms with Crippen LogP contribution in [0.2, 0.25) is 0 Å². The van der Waals surface area contributed by atoms with Gasteiger partial charge in [-0.3, -0.25) is 14.4 Å². The van der Waals surface area contributed by atoms with Crippen LogP contribution in [0.15, 0.2) is 23.1 Å². The summed E-state index contributed by atoms with van der Waals surface area (Å²) in [4.78, 5) is 29.7. The lowest BCUT2D eigenvalue weighted by atomic mass is 10.2. The highest BCUT2D eigenvalue weighted by Crippen LogP contribution is 2.32. The zero-order valence-corrected chi connectivity index (χ0v) is 11.8. The van der Waals surface area contributed by atoms with Crippen LogP contribution in [0.3, 0.4) is 0 Å². The zero-order valence-electron chi connectivity index (χ0n) is 11.0. The molecule has 0 bridgehead atoms. The summed E-state index contributed by atoms with van der Waals surface area (Å²) in [5, 5.41) is 2.77. The van der Waals surface area contributed by atoms with Gasteiger partial charge in [-0.05, 0) is 31.0 Å². The van der Waals surface area contributed by atoms with Crippen molar-refractivity contribution in [2.45, 2.75) is 36.7 Å². The van der Waals surface area contributed by atoms with Gasteiger partial charge in [0.25, 0.3) is 5.91 Å². The summed E-state index contributed by atoms with van der Waals surface area (Å²) in [6.07, 6.45) is 4.44. The molecule has 1 aliphatic heterocycles. The monoisotopic (exact) mass is 292 g/mol. The molecule has 0 radical (unpaired) electrons. The Labute approximate surface area is 121 Å². The molecule has 106 valence electrons. The van der Waals surface area contributed by atoms with E-state index in [-0.39, 0.29) is 17.9 Å².